The van der Waals surface area contributed by atoms with Crippen molar-refractivity contribution in [2.45, 2.75) is 19.9 Å². The molecule has 8 nitrogen and oxygen atoms in total. The van der Waals surface area contributed by atoms with Crippen LogP contribution in [0.3, 0.4) is 0 Å². The van der Waals surface area contributed by atoms with Crippen LogP contribution in [0.1, 0.15) is 17.0 Å². The van der Waals surface area contributed by atoms with Crippen molar-refractivity contribution in [2.75, 3.05) is 18.7 Å². The maximum absolute atomic E-state index is 12.6. The zero-order chi connectivity index (χ0) is 17.7. The summed E-state index contributed by atoms with van der Waals surface area (Å²) >= 11 is 0. The molecule has 0 unspecified atom stereocenters. The van der Waals surface area contributed by atoms with Crippen LogP contribution in [0.15, 0.2) is 30.5 Å². The molecule has 2 aromatic heterocycles. The van der Waals surface area contributed by atoms with Gasteiger partial charge in [-0.05, 0) is 19.1 Å². The van der Waals surface area contributed by atoms with Crippen molar-refractivity contribution in [3.63, 3.8) is 0 Å². The summed E-state index contributed by atoms with van der Waals surface area (Å²) < 4.78 is 12.5. The molecule has 2 amide bonds. The molecule has 0 atom stereocenters. The van der Waals surface area contributed by atoms with Gasteiger partial charge in [-0.15, -0.1) is 0 Å². The van der Waals surface area contributed by atoms with E-state index in [1.807, 2.05) is 23.7 Å². The van der Waals surface area contributed by atoms with Crippen LogP contribution in [0.25, 0.3) is 5.65 Å². The van der Waals surface area contributed by atoms with Crippen LogP contribution < -0.4 is 14.8 Å². The number of carbonyl (C=O) groups is 1. The summed E-state index contributed by atoms with van der Waals surface area (Å²) in [5.41, 5.74) is 4.61. The Labute approximate surface area is 149 Å². The SMILES string of the molecule is Cc1cc2ncc3c(n2n1)CCN(C(=O)Nc1ccc2c(c1)OCO2)C3. The standard InChI is InChI=1S/C18H17N5O3/c1-11-6-17-19-8-12-9-22(5-4-14(12)23(17)21-11)18(24)20-13-2-3-15-16(7-13)26-10-25-15/h2-3,6-8H,4-5,9-10H2,1H3,(H,20,24). The van der Waals surface area contributed by atoms with Gasteiger partial charge in [0.25, 0.3) is 0 Å². The minimum Gasteiger partial charge on any atom is -0.454 e. The maximum Gasteiger partial charge on any atom is 0.322 e. The number of aromatic nitrogens is 3. The van der Waals surface area contributed by atoms with Crippen molar-refractivity contribution < 1.29 is 14.3 Å². The molecule has 8 heteroatoms. The molecule has 0 spiro atoms. The van der Waals surface area contributed by atoms with Crippen molar-refractivity contribution in [1.29, 1.82) is 0 Å². The highest BCUT2D eigenvalue weighted by Gasteiger charge is 2.24. The van der Waals surface area contributed by atoms with Crippen LogP contribution >= 0.6 is 0 Å². The van der Waals surface area contributed by atoms with Gasteiger partial charge in [-0.2, -0.15) is 5.10 Å². The number of ether oxygens (including phenoxy) is 2. The van der Waals surface area contributed by atoms with Crippen molar-refractivity contribution in [3.8, 4) is 11.5 Å². The van der Waals surface area contributed by atoms with Crippen molar-refractivity contribution in [1.82, 2.24) is 19.5 Å². The summed E-state index contributed by atoms with van der Waals surface area (Å²) in [6.07, 6.45) is 2.58. The number of hydrogen-bond acceptors (Lipinski definition) is 5. The van der Waals surface area contributed by atoms with Gasteiger partial charge in [0.15, 0.2) is 17.1 Å². The van der Waals surface area contributed by atoms with Crippen LogP contribution in [-0.4, -0.2) is 38.9 Å². The van der Waals surface area contributed by atoms with Crippen molar-refractivity contribution in [2.24, 2.45) is 0 Å². The zero-order valence-corrected chi connectivity index (χ0v) is 14.2. The van der Waals surface area contributed by atoms with Gasteiger partial charge >= 0.3 is 6.03 Å². The molecular formula is C18H17N5O3. The summed E-state index contributed by atoms with van der Waals surface area (Å²) in [4.78, 5) is 18.9. The van der Waals surface area contributed by atoms with E-state index in [1.165, 1.54) is 0 Å². The Balaban J connectivity index is 1.35. The summed E-state index contributed by atoms with van der Waals surface area (Å²) in [5.74, 6) is 1.34. The number of nitrogens with zero attached hydrogens (tertiary/aromatic N) is 4. The molecule has 1 N–H and O–H groups in total. The fourth-order valence-electron chi connectivity index (χ4n) is 3.41. The molecule has 0 saturated carbocycles. The number of anilines is 1. The Hall–Kier alpha value is -3.29. The third-order valence-corrected chi connectivity index (χ3v) is 4.68. The molecular weight excluding hydrogens is 334 g/mol. The lowest BCUT2D eigenvalue weighted by atomic mass is 10.1. The lowest BCUT2D eigenvalue weighted by Crippen LogP contribution is -2.39. The van der Waals surface area contributed by atoms with Crippen LogP contribution in [0.5, 0.6) is 11.5 Å². The number of hydrogen-bond donors (Lipinski definition) is 1. The molecule has 0 saturated heterocycles. The predicted octanol–water partition coefficient (Wildman–Crippen LogP) is 2.36. The highest BCUT2D eigenvalue weighted by molar-refractivity contribution is 5.90. The number of urea groups is 1. The largest absolute Gasteiger partial charge is 0.454 e. The van der Waals surface area contributed by atoms with Crippen LogP contribution in [0, 0.1) is 6.92 Å². The van der Waals surface area contributed by atoms with E-state index in [-0.39, 0.29) is 12.8 Å². The first-order chi connectivity index (χ1) is 12.7. The van der Waals surface area contributed by atoms with Crippen molar-refractivity contribution in [3.05, 3.63) is 47.4 Å². The van der Waals surface area contributed by atoms with Crippen molar-refractivity contribution >= 4 is 17.4 Å². The minimum absolute atomic E-state index is 0.147. The van der Waals surface area contributed by atoms with E-state index in [9.17, 15) is 4.79 Å². The number of nitrogens with one attached hydrogen (secondary N) is 1. The van der Waals surface area contributed by atoms with Crippen LogP contribution in [0.2, 0.25) is 0 Å². The van der Waals surface area contributed by atoms with Gasteiger partial charge in [-0.25, -0.2) is 14.3 Å². The second-order valence-electron chi connectivity index (χ2n) is 6.46. The van der Waals surface area contributed by atoms with Gasteiger partial charge in [0.05, 0.1) is 17.9 Å². The Morgan fingerprint density at radius 2 is 2.12 bits per heavy atom. The third kappa shape index (κ3) is 2.42. The van der Waals surface area contributed by atoms with E-state index in [2.05, 4.69) is 15.4 Å². The second-order valence-corrected chi connectivity index (χ2v) is 6.46. The lowest BCUT2D eigenvalue weighted by molar-refractivity contribution is 0.174. The number of rotatable bonds is 1. The van der Waals surface area contributed by atoms with E-state index in [4.69, 9.17) is 9.47 Å². The summed E-state index contributed by atoms with van der Waals surface area (Å²) in [6.45, 7) is 3.30. The van der Waals surface area contributed by atoms with Gasteiger partial charge < -0.3 is 19.7 Å². The fraction of sp³-hybridized carbons (Fsp3) is 0.278. The fourth-order valence-corrected chi connectivity index (χ4v) is 3.41. The quantitative estimate of drug-likeness (QED) is 0.728. The molecule has 0 bridgehead atoms. The molecule has 0 radical (unpaired) electrons. The molecule has 5 rings (SSSR count). The number of aryl methyl sites for hydroxylation is 1. The normalized spacial score (nSPS) is 15.2. The molecule has 132 valence electrons. The molecule has 2 aliphatic heterocycles. The summed E-state index contributed by atoms with van der Waals surface area (Å²) in [5, 5.41) is 7.43. The van der Waals surface area contributed by atoms with Gasteiger partial charge in [0.2, 0.25) is 6.79 Å². The number of benzene rings is 1. The zero-order valence-electron chi connectivity index (χ0n) is 14.2. The molecule has 26 heavy (non-hydrogen) atoms. The smallest absolute Gasteiger partial charge is 0.322 e. The van der Waals surface area contributed by atoms with E-state index < -0.39 is 0 Å². The molecule has 2 aliphatic rings. The lowest BCUT2D eigenvalue weighted by Gasteiger charge is -2.28. The van der Waals surface area contributed by atoms with Gasteiger partial charge in [-0.1, -0.05) is 0 Å². The average Bonchev–Trinajstić information content (AvgIpc) is 3.26. The third-order valence-electron chi connectivity index (χ3n) is 4.68. The van der Waals surface area contributed by atoms with Gasteiger partial charge in [0, 0.05) is 42.5 Å². The highest BCUT2D eigenvalue weighted by Crippen LogP contribution is 2.34. The topological polar surface area (TPSA) is 81.0 Å². The Bertz CT molecular complexity index is 1030. The monoisotopic (exact) mass is 351 g/mol. The molecule has 0 aliphatic carbocycles. The van der Waals surface area contributed by atoms with Crippen LogP contribution in [0.4, 0.5) is 10.5 Å². The first-order valence-electron chi connectivity index (χ1n) is 8.46. The molecule has 0 fully saturated rings. The predicted molar refractivity (Wildman–Crippen MR) is 93.4 cm³/mol. The van der Waals surface area contributed by atoms with E-state index in [1.54, 1.807) is 23.1 Å². The number of fused-ring (bicyclic) bond motifs is 4. The molecule has 3 aromatic rings. The first-order valence-corrected chi connectivity index (χ1v) is 8.46. The molecule has 4 heterocycles. The maximum atomic E-state index is 12.6. The Morgan fingerprint density at radius 1 is 1.23 bits per heavy atom. The number of amides is 2. The highest BCUT2D eigenvalue weighted by atomic mass is 16.7. The first kappa shape index (κ1) is 15.0. The van der Waals surface area contributed by atoms with Crippen LogP contribution in [-0.2, 0) is 13.0 Å². The Kier molecular flexibility index (Phi) is 3.24. The summed E-state index contributed by atoms with van der Waals surface area (Å²) in [7, 11) is 0. The van der Waals surface area contributed by atoms with E-state index in [0.29, 0.717) is 30.3 Å². The minimum atomic E-state index is -0.147. The van der Waals surface area contributed by atoms with E-state index in [0.717, 1.165) is 29.0 Å². The number of carbonyl (C=O) groups excluding carboxylic acids is 1. The average molecular weight is 351 g/mol. The second kappa shape index (κ2) is 5.62. The molecule has 1 aromatic carbocycles. The van der Waals surface area contributed by atoms with Gasteiger partial charge in [-0.3, -0.25) is 0 Å². The summed E-state index contributed by atoms with van der Waals surface area (Å²) in [6, 6.07) is 7.19. The van der Waals surface area contributed by atoms with Gasteiger partial charge in [0.1, 0.15) is 0 Å². The Morgan fingerprint density at radius 3 is 3.04 bits per heavy atom. The van der Waals surface area contributed by atoms with E-state index >= 15 is 0 Å².